The molecule has 2 atom stereocenters. The lowest BCUT2D eigenvalue weighted by Gasteiger charge is -2.17. The van der Waals surface area contributed by atoms with Gasteiger partial charge in [0.05, 0.1) is 39.6 Å². The van der Waals surface area contributed by atoms with Crippen molar-refractivity contribution < 1.29 is 57.2 Å². The molecule has 0 aliphatic heterocycles. The van der Waals surface area contributed by atoms with E-state index in [0.29, 0.717) is 84.5 Å². The van der Waals surface area contributed by atoms with Crippen LogP contribution in [0.1, 0.15) is 213 Å². The van der Waals surface area contributed by atoms with Crippen LogP contribution in [0.15, 0.2) is 0 Å². The molecule has 18 nitrogen and oxygen atoms in total. The van der Waals surface area contributed by atoms with Crippen LogP contribution in [0.2, 0.25) is 0 Å². The van der Waals surface area contributed by atoms with Gasteiger partial charge in [-0.3, -0.25) is 33.6 Å². The summed E-state index contributed by atoms with van der Waals surface area (Å²) in [5.74, 6) is -1.88. The summed E-state index contributed by atoms with van der Waals surface area (Å²) in [5.41, 5.74) is 5.28. The van der Waals surface area contributed by atoms with Gasteiger partial charge in [0.2, 0.25) is 35.4 Å². The van der Waals surface area contributed by atoms with Crippen LogP contribution >= 0.6 is 0 Å². The Kier molecular flexibility index (Phi) is 52.3. The molecule has 0 saturated heterocycles. The number of carbonyl (C=O) groups excluding carboxylic acids is 7. The molecule has 0 fully saturated rings. The Labute approximate surface area is 453 Å². The second-order valence-electron chi connectivity index (χ2n) is 20.0. The molecular weight excluding hydrogens is 961 g/mol. The molecule has 0 aromatic rings. The van der Waals surface area contributed by atoms with Gasteiger partial charge in [0.25, 0.3) is 0 Å². The highest BCUT2D eigenvalue weighted by Gasteiger charge is 2.22. The van der Waals surface area contributed by atoms with Crippen LogP contribution < -0.4 is 32.3 Å². The number of nitrogens with two attached hydrogens (primary N) is 1. The zero-order valence-corrected chi connectivity index (χ0v) is 47.5. The molecule has 0 heterocycles. The highest BCUT2D eigenvalue weighted by Crippen LogP contribution is 2.15. The smallest absolute Gasteiger partial charge is 0.245 e. The summed E-state index contributed by atoms with van der Waals surface area (Å²) in [6.07, 6.45) is 29.4. The van der Waals surface area contributed by atoms with E-state index in [0.717, 1.165) is 57.8 Å². The molecule has 0 unspecified atom stereocenters. The quantitative estimate of drug-likeness (QED) is 0.0321. The predicted molar refractivity (Wildman–Crippen MR) is 296 cm³/mol. The summed E-state index contributed by atoms with van der Waals surface area (Å²) in [4.78, 5) is 86.0. The average molecular weight is 1070 g/mol. The van der Waals surface area contributed by atoms with Crippen molar-refractivity contribution in [2.75, 3.05) is 98.8 Å². The molecule has 7 N–H and O–H groups in total. The second kappa shape index (κ2) is 55.1. The van der Waals surface area contributed by atoms with Gasteiger partial charge in [-0.25, -0.2) is 0 Å². The Morgan fingerprint density at radius 2 is 0.760 bits per heavy atom. The van der Waals surface area contributed by atoms with Gasteiger partial charge in [0, 0.05) is 70.4 Å². The van der Waals surface area contributed by atoms with Gasteiger partial charge in [-0.2, -0.15) is 0 Å². The van der Waals surface area contributed by atoms with E-state index in [1.807, 2.05) is 0 Å². The van der Waals surface area contributed by atoms with Gasteiger partial charge in [0.1, 0.15) is 19.8 Å². The molecule has 0 bridgehead atoms. The molecule has 18 heteroatoms. The van der Waals surface area contributed by atoms with Gasteiger partial charge in [-0.15, -0.1) is 0 Å². The van der Waals surface area contributed by atoms with E-state index in [9.17, 15) is 33.6 Å². The SMILES string of the molecule is CCCCCCCCCCCC(=O)NCCCCCOCC(=O)C[C@@H](CCCCNC(=O)COCCOCCNC(=O)CCCCCCCCCCC)C(=O)NCCOCCOCC(=O)NCCCC[C@H](C)C(N)=O. The number of Topliss-reactive ketones (excluding diaryl/α,β-unsaturated/α-hetero) is 1. The molecule has 0 radical (unpaired) electrons. The Morgan fingerprint density at radius 3 is 1.25 bits per heavy atom. The van der Waals surface area contributed by atoms with Crippen LogP contribution in [-0.2, 0) is 57.2 Å². The molecule has 0 rings (SSSR count). The lowest BCUT2D eigenvalue weighted by Crippen LogP contribution is -2.35. The molecular formula is C57H108N6O12. The zero-order chi connectivity index (χ0) is 55.1. The maximum Gasteiger partial charge on any atom is 0.245 e. The fraction of sp³-hybridized carbons (Fsp3) is 0.877. The van der Waals surface area contributed by atoms with Crippen molar-refractivity contribution in [2.45, 2.75) is 213 Å². The van der Waals surface area contributed by atoms with E-state index in [-0.39, 0.29) is 106 Å². The minimum absolute atomic E-state index is 0.0219. The molecule has 0 aliphatic rings. The monoisotopic (exact) mass is 1070 g/mol. The number of ketones is 1. The van der Waals surface area contributed by atoms with Crippen LogP contribution in [0.4, 0.5) is 0 Å². The average Bonchev–Trinajstić information content (AvgIpc) is 3.39. The number of unbranched alkanes of at least 4 members (excludes halogenated alkanes) is 20. The first-order valence-corrected chi connectivity index (χ1v) is 29.5. The Hall–Kier alpha value is -3.71. The topological polar surface area (TPSA) is 252 Å². The van der Waals surface area contributed by atoms with Gasteiger partial charge in [-0.05, 0) is 57.8 Å². The first-order chi connectivity index (χ1) is 36.5. The van der Waals surface area contributed by atoms with Crippen molar-refractivity contribution in [3.63, 3.8) is 0 Å². The van der Waals surface area contributed by atoms with E-state index in [4.69, 9.17) is 29.4 Å². The summed E-state index contributed by atoms with van der Waals surface area (Å²) in [6.45, 7) is 10.1. The highest BCUT2D eigenvalue weighted by molar-refractivity contribution is 5.87. The van der Waals surface area contributed by atoms with Crippen LogP contribution in [0.3, 0.4) is 0 Å². The number of nitrogens with one attached hydrogen (secondary N) is 5. The fourth-order valence-corrected chi connectivity index (χ4v) is 8.16. The maximum atomic E-state index is 13.3. The van der Waals surface area contributed by atoms with Crippen LogP contribution in [0.5, 0.6) is 0 Å². The molecule has 0 aromatic heterocycles. The predicted octanol–water partition coefficient (Wildman–Crippen LogP) is 7.70. The van der Waals surface area contributed by atoms with Crippen molar-refractivity contribution in [1.82, 2.24) is 26.6 Å². The van der Waals surface area contributed by atoms with Crippen LogP contribution in [0.25, 0.3) is 0 Å². The first kappa shape index (κ1) is 71.3. The van der Waals surface area contributed by atoms with Gasteiger partial charge in [-0.1, -0.05) is 136 Å². The Bertz CT molecular complexity index is 1430. The highest BCUT2D eigenvalue weighted by atomic mass is 16.5. The third-order valence-electron chi connectivity index (χ3n) is 12.9. The summed E-state index contributed by atoms with van der Waals surface area (Å²) >= 11 is 0. The fourth-order valence-electron chi connectivity index (χ4n) is 8.16. The summed E-state index contributed by atoms with van der Waals surface area (Å²) in [6, 6.07) is 0. The molecule has 0 saturated carbocycles. The number of primary amides is 1. The number of ether oxygens (including phenoxy) is 5. The zero-order valence-electron chi connectivity index (χ0n) is 47.5. The number of amides is 6. The number of hydrogen-bond donors (Lipinski definition) is 6. The minimum Gasteiger partial charge on any atom is -0.377 e. The van der Waals surface area contributed by atoms with Crippen molar-refractivity contribution in [1.29, 1.82) is 0 Å². The Balaban J connectivity index is 4.44. The van der Waals surface area contributed by atoms with Crippen molar-refractivity contribution in [3.05, 3.63) is 0 Å². The van der Waals surface area contributed by atoms with E-state index < -0.39 is 5.92 Å². The van der Waals surface area contributed by atoms with Gasteiger partial charge >= 0.3 is 0 Å². The molecule has 438 valence electrons. The van der Waals surface area contributed by atoms with E-state index in [1.165, 1.54) is 89.9 Å². The van der Waals surface area contributed by atoms with Crippen LogP contribution in [0, 0.1) is 11.8 Å². The minimum atomic E-state index is -0.583. The third kappa shape index (κ3) is 52.1. The van der Waals surface area contributed by atoms with Gasteiger partial charge < -0.3 is 56.0 Å². The first-order valence-electron chi connectivity index (χ1n) is 29.5. The lowest BCUT2D eigenvalue weighted by atomic mass is 9.95. The van der Waals surface area contributed by atoms with Gasteiger partial charge in [0.15, 0.2) is 5.78 Å². The van der Waals surface area contributed by atoms with E-state index in [2.05, 4.69) is 40.4 Å². The maximum absolute atomic E-state index is 13.3. The number of rotatable bonds is 58. The summed E-state index contributed by atoms with van der Waals surface area (Å²) in [7, 11) is 0. The normalized spacial score (nSPS) is 12.0. The molecule has 0 aliphatic carbocycles. The number of carbonyl (C=O) groups is 7. The van der Waals surface area contributed by atoms with Crippen molar-refractivity contribution in [2.24, 2.45) is 17.6 Å². The van der Waals surface area contributed by atoms with Crippen molar-refractivity contribution in [3.8, 4) is 0 Å². The van der Waals surface area contributed by atoms with Crippen molar-refractivity contribution >= 4 is 41.2 Å². The lowest BCUT2D eigenvalue weighted by molar-refractivity contribution is -0.131. The van der Waals surface area contributed by atoms with E-state index >= 15 is 0 Å². The largest absolute Gasteiger partial charge is 0.377 e. The molecule has 75 heavy (non-hydrogen) atoms. The summed E-state index contributed by atoms with van der Waals surface area (Å²) in [5, 5.41) is 14.4. The summed E-state index contributed by atoms with van der Waals surface area (Å²) < 4.78 is 27.6. The molecule has 6 amide bonds. The van der Waals surface area contributed by atoms with Crippen LogP contribution in [-0.4, -0.2) is 140 Å². The second-order valence-corrected chi connectivity index (χ2v) is 20.0. The standard InChI is InChI=1S/C57H108N6O12/c1-4-6-8-10-12-14-16-18-21-31-52(65)59-33-25-20-28-38-73-46-51(64)45-50(57(70)63-37-40-72-42-44-75-47-54(67)60-34-26-23-29-49(3)56(58)69)30-24-27-35-61-55(68)48-74-43-41-71-39-36-62-53(66)32-22-19-17-15-13-11-9-7-5-2/h49-50H,4-48H2,1-3H3,(H2,58,69)(H,59,65)(H,60,67)(H,61,68)(H,62,66)(H,63,70)/t49-,50+/m0/s1. The Morgan fingerprint density at radius 1 is 0.373 bits per heavy atom. The third-order valence-corrected chi connectivity index (χ3v) is 12.9. The number of hydrogen-bond acceptors (Lipinski definition) is 12. The molecule has 0 spiro atoms. The van der Waals surface area contributed by atoms with E-state index in [1.54, 1.807) is 6.92 Å². The molecule has 0 aromatic carbocycles.